The summed E-state index contributed by atoms with van der Waals surface area (Å²) in [6.45, 7) is 6.31. The van der Waals surface area contributed by atoms with Crippen LogP contribution in [0, 0.1) is 15.5 Å². The highest BCUT2D eigenvalue weighted by Crippen LogP contribution is 2.26. The molecule has 9 heteroatoms. The molecule has 0 spiro atoms. The van der Waals surface area contributed by atoms with Crippen molar-refractivity contribution in [2.45, 2.75) is 26.7 Å². The Morgan fingerprint density at radius 3 is 2.44 bits per heavy atom. The molecule has 1 aliphatic rings. The van der Waals surface area contributed by atoms with Crippen molar-refractivity contribution in [2.75, 3.05) is 32.9 Å². The van der Waals surface area contributed by atoms with Crippen LogP contribution in [0.25, 0.3) is 0 Å². The molecule has 1 amide bonds. The first-order chi connectivity index (χ1) is 12.8. The van der Waals surface area contributed by atoms with Crippen molar-refractivity contribution >= 4 is 17.7 Å². The van der Waals surface area contributed by atoms with Crippen LogP contribution in [0.3, 0.4) is 0 Å². The molecule has 1 aliphatic heterocycles. The van der Waals surface area contributed by atoms with E-state index in [0.717, 1.165) is 0 Å². The SMILES string of the molecule is CC(C)(CCOC(=O)Oc1ccc([N+](=O)[O-])cc1)CC(=O)N1CCOCC1. The van der Waals surface area contributed by atoms with Crippen LogP contribution in [-0.2, 0) is 14.3 Å². The van der Waals surface area contributed by atoms with Gasteiger partial charge >= 0.3 is 6.16 Å². The number of nitrogens with zero attached hydrogens (tertiary/aromatic N) is 2. The van der Waals surface area contributed by atoms with E-state index in [1.807, 2.05) is 13.8 Å². The number of benzene rings is 1. The lowest BCUT2D eigenvalue weighted by molar-refractivity contribution is -0.384. The van der Waals surface area contributed by atoms with Gasteiger partial charge in [-0.2, -0.15) is 0 Å². The van der Waals surface area contributed by atoms with Crippen molar-refractivity contribution in [3.63, 3.8) is 0 Å². The summed E-state index contributed by atoms with van der Waals surface area (Å²) >= 11 is 0. The molecule has 0 N–H and O–H groups in total. The minimum Gasteiger partial charge on any atom is -0.434 e. The fourth-order valence-electron chi connectivity index (χ4n) is 2.59. The Morgan fingerprint density at radius 1 is 1.22 bits per heavy atom. The van der Waals surface area contributed by atoms with E-state index in [2.05, 4.69) is 0 Å². The van der Waals surface area contributed by atoms with Crippen LogP contribution in [0.2, 0.25) is 0 Å². The monoisotopic (exact) mass is 380 g/mol. The molecular formula is C18H24N2O7. The molecule has 0 atom stereocenters. The van der Waals surface area contributed by atoms with E-state index in [1.165, 1.54) is 24.3 Å². The summed E-state index contributed by atoms with van der Waals surface area (Å²) in [5.74, 6) is 0.226. The van der Waals surface area contributed by atoms with Crippen molar-refractivity contribution in [2.24, 2.45) is 5.41 Å². The van der Waals surface area contributed by atoms with Crippen LogP contribution in [0.4, 0.5) is 10.5 Å². The molecule has 0 radical (unpaired) electrons. The van der Waals surface area contributed by atoms with Crippen LogP contribution in [0.1, 0.15) is 26.7 Å². The molecule has 0 unspecified atom stereocenters. The van der Waals surface area contributed by atoms with Crippen LogP contribution < -0.4 is 4.74 Å². The van der Waals surface area contributed by atoms with Gasteiger partial charge in [0.1, 0.15) is 5.75 Å². The third-order valence-corrected chi connectivity index (χ3v) is 4.24. The maximum atomic E-state index is 12.3. The molecule has 148 valence electrons. The first kappa shape index (κ1) is 20.6. The lowest BCUT2D eigenvalue weighted by Gasteiger charge is -2.31. The normalized spacial score (nSPS) is 14.5. The molecule has 1 aromatic rings. The molecule has 0 aliphatic carbocycles. The summed E-state index contributed by atoms with van der Waals surface area (Å²) in [6, 6.07) is 5.13. The van der Waals surface area contributed by atoms with E-state index in [4.69, 9.17) is 14.2 Å². The lowest BCUT2D eigenvalue weighted by Crippen LogP contribution is -2.42. The number of carbonyl (C=O) groups is 2. The zero-order chi connectivity index (χ0) is 19.9. The van der Waals surface area contributed by atoms with E-state index in [9.17, 15) is 19.7 Å². The van der Waals surface area contributed by atoms with Gasteiger partial charge in [0.2, 0.25) is 5.91 Å². The minimum atomic E-state index is -0.890. The largest absolute Gasteiger partial charge is 0.513 e. The van der Waals surface area contributed by atoms with E-state index in [1.54, 1.807) is 4.90 Å². The van der Waals surface area contributed by atoms with Gasteiger partial charge in [0.15, 0.2) is 0 Å². The topological polar surface area (TPSA) is 108 Å². The van der Waals surface area contributed by atoms with Gasteiger partial charge < -0.3 is 19.1 Å². The number of non-ortho nitro benzene ring substituents is 1. The Labute approximate surface area is 157 Å². The number of morpholine rings is 1. The smallest absolute Gasteiger partial charge is 0.434 e. The zero-order valence-corrected chi connectivity index (χ0v) is 15.5. The van der Waals surface area contributed by atoms with Gasteiger partial charge in [-0.3, -0.25) is 14.9 Å². The quantitative estimate of drug-likeness (QED) is 0.310. The van der Waals surface area contributed by atoms with Crippen molar-refractivity contribution in [3.8, 4) is 5.75 Å². The van der Waals surface area contributed by atoms with Gasteiger partial charge in [0.05, 0.1) is 24.7 Å². The van der Waals surface area contributed by atoms with Gasteiger partial charge in [0, 0.05) is 31.6 Å². The fraction of sp³-hybridized carbons (Fsp3) is 0.556. The zero-order valence-electron chi connectivity index (χ0n) is 15.5. The third kappa shape index (κ3) is 6.86. The highest BCUT2D eigenvalue weighted by atomic mass is 16.7. The fourth-order valence-corrected chi connectivity index (χ4v) is 2.59. The molecule has 1 fully saturated rings. The van der Waals surface area contributed by atoms with E-state index < -0.39 is 11.1 Å². The Morgan fingerprint density at radius 2 is 1.85 bits per heavy atom. The molecule has 9 nitrogen and oxygen atoms in total. The second-order valence-electron chi connectivity index (χ2n) is 7.04. The second-order valence-corrected chi connectivity index (χ2v) is 7.04. The minimum absolute atomic E-state index is 0.0664. The molecular weight excluding hydrogens is 356 g/mol. The molecule has 0 aromatic heterocycles. The number of hydrogen-bond donors (Lipinski definition) is 0. The number of nitro benzene ring substituents is 1. The number of ether oxygens (including phenoxy) is 3. The third-order valence-electron chi connectivity index (χ3n) is 4.24. The van der Waals surface area contributed by atoms with Crippen molar-refractivity contribution in [1.29, 1.82) is 0 Å². The molecule has 27 heavy (non-hydrogen) atoms. The second kappa shape index (κ2) is 9.31. The first-order valence-electron chi connectivity index (χ1n) is 8.71. The molecule has 0 saturated carbocycles. The summed E-state index contributed by atoms with van der Waals surface area (Å²) in [6.07, 6.45) is -0.0363. The van der Waals surface area contributed by atoms with Crippen LogP contribution in [0.5, 0.6) is 5.75 Å². The first-order valence-corrected chi connectivity index (χ1v) is 8.71. The maximum absolute atomic E-state index is 12.3. The maximum Gasteiger partial charge on any atom is 0.513 e. The van der Waals surface area contributed by atoms with Gasteiger partial charge in [-0.1, -0.05) is 13.8 Å². The number of amides is 1. The van der Waals surface area contributed by atoms with Crippen molar-refractivity contribution in [1.82, 2.24) is 4.90 Å². The summed E-state index contributed by atoms with van der Waals surface area (Å²) in [7, 11) is 0. The van der Waals surface area contributed by atoms with Gasteiger partial charge in [0.25, 0.3) is 5.69 Å². The number of rotatable bonds is 7. The van der Waals surface area contributed by atoms with E-state index in [-0.39, 0.29) is 29.4 Å². The van der Waals surface area contributed by atoms with Crippen LogP contribution >= 0.6 is 0 Å². The van der Waals surface area contributed by atoms with E-state index >= 15 is 0 Å². The predicted molar refractivity (Wildman–Crippen MR) is 95.5 cm³/mol. The Bertz CT molecular complexity index is 667. The molecule has 1 heterocycles. The summed E-state index contributed by atoms with van der Waals surface area (Å²) < 4.78 is 15.3. The number of carbonyl (C=O) groups excluding carboxylic acids is 2. The molecule has 0 bridgehead atoms. The summed E-state index contributed by atoms with van der Waals surface area (Å²) in [5, 5.41) is 10.6. The summed E-state index contributed by atoms with van der Waals surface area (Å²) in [4.78, 5) is 35.9. The average Bonchev–Trinajstić information content (AvgIpc) is 2.62. The van der Waals surface area contributed by atoms with Gasteiger partial charge in [-0.15, -0.1) is 0 Å². The van der Waals surface area contributed by atoms with Gasteiger partial charge in [-0.05, 0) is 24.0 Å². The Hall–Kier alpha value is -2.68. The average molecular weight is 380 g/mol. The summed E-state index contributed by atoms with van der Waals surface area (Å²) in [5.41, 5.74) is -0.425. The molecule has 1 aromatic carbocycles. The predicted octanol–water partition coefficient (Wildman–Crippen LogP) is 2.78. The Balaban J connectivity index is 1.72. The van der Waals surface area contributed by atoms with E-state index in [0.29, 0.717) is 39.1 Å². The van der Waals surface area contributed by atoms with Crippen LogP contribution in [0.15, 0.2) is 24.3 Å². The lowest BCUT2D eigenvalue weighted by atomic mass is 9.85. The van der Waals surface area contributed by atoms with Crippen molar-refractivity contribution < 1.29 is 28.7 Å². The standard InChI is InChI=1S/C18H24N2O7/c1-18(2,13-16(21)19-8-11-25-12-9-19)7-10-26-17(22)27-15-5-3-14(4-6-15)20(23)24/h3-6H,7-13H2,1-2H3. The van der Waals surface area contributed by atoms with Crippen molar-refractivity contribution in [3.05, 3.63) is 34.4 Å². The van der Waals surface area contributed by atoms with Crippen LogP contribution in [-0.4, -0.2) is 54.8 Å². The number of nitro groups is 1. The Kier molecular flexibility index (Phi) is 7.12. The molecule has 2 rings (SSSR count). The highest BCUT2D eigenvalue weighted by Gasteiger charge is 2.26. The highest BCUT2D eigenvalue weighted by molar-refractivity contribution is 5.77. The number of hydrogen-bond acceptors (Lipinski definition) is 7. The van der Waals surface area contributed by atoms with Gasteiger partial charge in [-0.25, -0.2) is 4.79 Å². The molecule has 1 saturated heterocycles.